The number of ether oxygens (including phenoxy) is 3. The maximum Gasteiger partial charge on any atom is 0.349 e. The molecule has 2 heterocycles. The Bertz CT molecular complexity index is 830. The predicted molar refractivity (Wildman–Crippen MR) is 102 cm³/mol. The standard InChI is InChI=1S/C20H23NO5S/c1-12(2)18(14-4-5-15-16(10-14)25-8-7-24-15)21-17(22)11-26-20(23)19-13(3)6-9-27-19/h4-6,9-10,12,18H,7-8,11H2,1-3H3,(H,21,22)/t18-/m1/s1. The SMILES string of the molecule is Cc1ccsc1C(=O)OCC(=O)N[C@@H](c1ccc2c(c1)OCCO2)C(C)C. The zero-order valence-electron chi connectivity index (χ0n) is 15.6. The lowest BCUT2D eigenvalue weighted by molar-refractivity contribution is -0.125. The minimum Gasteiger partial charge on any atom is -0.486 e. The van der Waals surface area contributed by atoms with E-state index in [4.69, 9.17) is 14.2 Å². The fourth-order valence-electron chi connectivity index (χ4n) is 2.88. The first-order valence-electron chi connectivity index (χ1n) is 8.86. The summed E-state index contributed by atoms with van der Waals surface area (Å²) in [4.78, 5) is 24.9. The molecule has 2 aromatic rings. The number of nitrogens with one attached hydrogen (secondary N) is 1. The predicted octanol–water partition coefficient (Wildman–Crippen LogP) is 3.50. The third kappa shape index (κ3) is 4.60. The number of rotatable bonds is 6. The van der Waals surface area contributed by atoms with Crippen molar-refractivity contribution in [2.45, 2.75) is 26.8 Å². The van der Waals surface area contributed by atoms with E-state index in [1.807, 2.05) is 50.4 Å². The van der Waals surface area contributed by atoms with Gasteiger partial charge in [-0.05, 0) is 47.5 Å². The Labute approximate surface area is 162 Å². The summed E-state index contributed by atoms with van der Waals surface area (Å²) in [5, 5.41) is 4.77. The normalized spacial score (nSPS) is 13.9. The molecule has 27 heavy (non-hydrogen) atoms. The first-order valence-corrected chi connectivity index (χ1v) is 9.74. The van der Waals surface area contributed by atoms with Crippen LogP contribution in [-0.4, -0.2) is 31.7 Å². The third-order valence-corrected chi connectivity index (χ3v) is 5.29. The number of esters is 1. The molecule has 1 aromatic carbocycles. The van der Waals surface area contributed by atoms with Crippen LogP contribution in [0.5, 0.6) is 11.5 Å². The van der Waals surface area contributed by atoms with Gasteiger partial charge in [0.2, 0.25) is 0 Å². The number of fused-ring (bicyclic) bond motifs is 1. The smallest absolute Gasteiger partial charge is 0.349 e. The zero-order valence-corrected chi connectivity index (χ0v) is 16.4. The van der Waals surface area contributed by atoms with Crippen LogP contribution in [0.2, 0.25) is 0 Å². The highest BCUT2D eigenvalue weighted by Gasteiger charge is 2.22. The van der Waals surface area contributed by atoms with Gasteiger partial charge in [0.1, 0.15) is 18.1 Å². The molecule has 1 aliphatic heterocycles. The Kier molecular flexibility index (Phi) is 6.01. The maximum atomic E-state index is 12.3. The van der Waals surface area contributed by atoms with Crippen LogP contribution < -0.4 is 14.8 Å². The van der Waals surface area contributed by atoms with Crippen molar-refractivity contribution in [1.82, 2.24) is 5.32 Å². The highest BCUT2D eigenvalue weighted by molar-refractivity contribution is 7.12. The van der Waals surface area contributed by atoms with E-state index in [-0.39, 0.29) is 24.5 Å². The summed E-state index contributed by atoms with van der Waals surface area (Å²) in [7, 11) is 0. The van der Waals surface area contributed by atoms with Crippen LogP contribution in [0.3, 0.4) is 0 Å². The average Bonchev–Trinajstić information content (AvgIpc) is 3.09. The molecule has 0 spiro atoms. The summed E-state index contributed by atoms with van der Waals surface area (Å²) in [5.41, 5.74) is 1.77. The van der Waals surface area contributed by atoms with Crippen LogP contribution in [0.15, 0.2) is 29.6 Å². The van der Waals surface area contributed by atoms with E-state index in [0.717, 1.165) is 11.1 Å². The lowest BCUT2D eigenvalue weighted by Gasteiger charge is -2.25. The van der Waals surface area contributed by atoms with Gasteiger partial charge in [-0.1, -0.05) is 19.9 Å². The molecule has 0 saturated carbocycles. The van der Waals surface area contributed by atoms with Crippen LogP contribution in [0.4, 0.5) is 0 Å². The van der Waals surface area contributed by atoms with Crippen molar-refractivity contribution in [3.63, 3.8) is 0 Å². The lowest BCUT2D eigenvalue weighted by Crippen LogP contribution is -2.35. The molecule has 0 fully saturated rings. The number of amides is 1. The van der Waals surface area contributed by atoms with Crippen LogP contribution in [0.1, 0.15) is 40.7 Å². The number of hydrogen-bond donors (Lipinski definition) is 1. The first kappa shape index (κ1) is 19.2. The Hall–Kier alpha value is -2.54. The van der Waals surface area contributed by atoms with Gasteiger partial charge in [0, 0.05) is 0 Å². The summed E-state index contributed by atoms with van der Waals surface area (Å²) < 4.78 is 16.3. The zero-order chi connectivity index (χ0) is 19.4. The molecule has 6 nitrogen and oxygen atoms in total. The molecule has 1 aromatic heterocycles. The van der Waals surface area contributed by atoms with Gasteiger partial charge in [0.25, 0.3) is 5.91 Å². The fraction of sp³-hybridized carbons (Fsp3) is 0.400. The molecular weight excluding hydrogens is 366 g/mol. The van der Waals surface area contributed by atoms with Gasteiger partial charge >= 0.3 is 5.97 Å². The maximum absolute atomic E-state index is 12.3. The third-order valence-electron chi connectivity index (χ3n) is 4.29. The molecule has 3 rings (SSSR count). The van der Waals surface area contributed by atoms with Crippen molar-refractivity contribution in [3.05, 3.63) is 45.6 Å². The van der Waals surface area contributed by atoms with E-state index < -0.39 is 5.97 Å². The second-order valence-corrected chi connectivity index (χ2v) is 7.62. The molecule has 7 heteroatoms. The van der Waals surface area contributed by atoms with Gasteiger partial charge in [0.15, 0.2) is 18.1 Å². The Balaban J connectivity index is 1.63. The molecular formula is C20H23NO5S. The van der Waals surface area contributed by atoms with E-state index in [9.17, 15) is 9.59 Å². The van der Waals surface area contributed by atoms with Gasteiger partial charge in [-0.15, -0.1) is 11.3 Å². The van der Waals surface area contributed by atoms with Gasteiger partial charge in [-0.2, -0.15) is 0 Å². The molecule has 144 valence electrons. The van der Waals surface area contributed by atoms with Gasteiger partial charge in [0.05, 0.1) is 6.04 Å². The van der Waals surface area contributed by atoms with Gasteiger partial charge in [-0.25, -0.2) is 4.79 Å². The second kappa shape index (κ2) is 8.43. The number of hydrogen-bond acceptors (Lipinski definition) is 6. The highest BCUT2D eigenvalue weighted by Crippen LogP contribution is 2.34. The summed E-state index contributed by atoms with van der Waals surface area (Å²) >= 11 is 1.31. The summed E-state index contributed by atoms with van der Waals surface area (Å²) in [6, 6.07) is 7.28. The second-order valence-electron chi connectivity index (χ2n) is 6.70. The highest BCUT2D eigenvalue weighted by atomic mass is 32.1. The van der Waals surface area contributed by atoms with Crippen LogP contribution >= 0.6 is 11.3 Å². The van der Waals surface area contributed by atoms with Crippen molar-refractivity contribution >= 4 is 23.2 Å². The van der Waals surface area contributed by atoms with E-state index in [1.54, 1.807) is 0 Å². The van der Waals surface area contributed by atoms with Crippen LogP contribution in [0.25, 0.3) is 0 Å². The minimum atomic E-state index is -0.474. The van der Waals surface area contributed by atoms with Crippen molar-refractivity contribution < 1.29 is 23.8 Å². The van der Waals surface area contributed by atoms with E-state index in [1.165, 1.54) is 11.3 Å². The first-order chi connectivity index (χ1) is 13.0. The summed E-state index contributed by atoms with van der Waals surface area (Å²) in [6.45, 7) is 6.60. The quantitative estimate of drug-likeness (QED) is 0.766. The molecule has 0 bridgehead atoms. The molecule has 1 amide bonds. The Morgan fingerprint density at radius 2 is 1.93 bits per heavy atom. The Morgan fingerprint density at radius 3 is 2.59 bits per heavy atom. The van der Waals surface area contributed by atoms with Crippen molar-refractivity contribution in [2.75, 3.05) is 19.8 Å². The number of thiophene rings is 1. The molecule has 1 atom stereocenters. The largest absolute Gasteiger partial charge is 0.486 e. The van der Waals surface area contributed by atoms with E-state index in [0.29, 0.717) is 29.6 Å². The van der Waals surface area contributed by atoms with Gasteiger partial charge in [-0.3, -0.25) is 4.79 Å². The molecule has 1 aliphatic rings. The van der Waals surface area contributed by atoms with Crippen LogP contribution in [-0.2, 0) is 9.53 Å². The van der Waals surface area contributed by atoms with Gasteiger partial charge < -0.3 is 19.5 Å². The summed E-state index contributed by atoms with van der Waals surface area (Å²) in [5.74, 6) is 0.716. The number of aryl methyl sites for hydroxylation is 1. The van der Waals surface area contributed by atoms with E-state index in [2.05, 4.69) is 5.32 Å². The molecule has 0 aliphatic carbocycles. The molecule has 1 N–H and O–H groups in total. The topological polar surface area (TPSA) is 73.9 Å². The number of carbonyl (C=O) groups excluding carboxylic acids is 2. The van der Waals surface area contributed by atoms with E-state index >= 15 is 0 Å². The number of carbonyl (C=O) groups is 2. The van der Waals surface area contributed by atoms with Crippen molar-refractivity contribution in [2.24, 2.45) is 5.92 Å². The lowest BCUT2D eigenvalue weighted by atomic mass is 9.95. The van der Waals surface area contributed by atoms with Crippen LogP contribution in [0, 0.1) is 12.8 Å². The molecule has 0 unspecified atom stereocenters. The number of benzene rings is 1. The minimum absolute atomic E-state index is 0.145. The van der Waals surface area contributed by atoms with Crippen molar-refractivity contribution in [1.29, 1.82) is 0 Å². The molecule has 0 radical (unpaired) electrons. The monoisotopic (exact) mass is 389 g/mol. The fourth-order valence-corrected chi connectivity index (χ4v) is 3.70. The summed E-state index contributed by atoms with van der Waals surface area (Å²) in [6.07, 6.45) is 0. The Morgan fingerprint density at radius 1 is 1.19 bits per heavy atom. The van der Waals surface area contributed by atoms with Crippen molar-refractivity contribution in [3.8, 4) is 11.5 Å². The molecule has 0 saturated heterocycles. The average molecular weight is 389 g/mol.